The molecule has 1 nitrogen and oxygen atoms in total. The maximum absolute atomic E-state index is 13.7. The fourth-order valence-corrected chi connectivity index (χ4v) is 11.5. The summed E-state index contributed by atoms with van der Waals surface area (Å²) in [6, 6.07) is -2.59. The summed E-state index contributed by atoms with van der Waals surface area (Å²) in [6.07, 6.45) is -18.8. The van der Waals surface area contributed by atoms with Gasteiger partial charge in [-0.1, -0.05) is 0 Å². The van der Waals surface area contributed by atoms with Crippen molar-refractivity contribution >= 4 is 16.6 Å². The minimum atomic E-state index is -7.15. The van der Waals surface area contributed by atoms with Gasteiger partial charge >= 0.3 is 47.9 Å². The van der Waals surface area contributed by atoms with E-state index in [2.05, 4.69) is 0 Å². The average Bonchev–Trinajstić information content (AvgIpc) is 2.62. The zero-order valence-electron chi connectivity index (χ0n) is 19.0. The third-order valence-corrected chi connectivity index (χ3v) is 12.4. The molecule has 0 aromatic heterocycles. The van der Waals surface area contributed by atoms with E-state index in [0.29, 0.717) is 0 Å². The van der Waals surface area contributed by atoms with E-state index in [1.165, 1.54) is 0 Å². The third kappa shape index (κ3) is 7.21. The Bertz CT molecular complexity index is 720. The smallest absolute Gasteiger partial charge is 0.455 e. The highest BCUT2D eigenvalue weighted by Gasteiger charge is 2.82. The van der Waals surface area contributed by atoms with Crippen LogP contribution in [0.5, 0.6) is 0 Å². The summed E-state index contributed by atoms with van der Waals surface area (Å²) in [5, 5.41) is 0. The molecule has 0 radical (unpaired) electrons. The maximum Gasteiger partial charge on any atom is 0.460 e. The van der Waals surface area contributed by atoms with Crippen molar-refractivity contribution in [1.29, 1.82) is 0 Å². The minimum absolute atomic E-state index is 0.891. The number of rotatable bonds is 12. The molecule has 0 aromatic carbocycles. The lowest BCUT2D eigenvalue weighted by Crippen LogP contribution is -2.61. The fourth-order valence-electron chi connectivity index (χ4n) is 2.90. The molecule has 0 aliphatic heterocycles. The summed E-state index contributed by atoms with van der Waals surface area (Å²) in [5.74, 6) is -40.1. The molecule has 0 amide bonds. The predicted octanol–water partition coefficient (Wildman–Crippen LogP) is 9.13. The highest BCUT2D eigenvalue weighted by atomic mass is 28.4. The Kier molecular flexibility index (Phi) is 9.72. The summed E-state index contributed by atoms with van der Waals surface area (Å²) in [4.78, 5) is 0. The van der Waals surface area contributed by atoms with Crippen molar-refractivity contribution in [2.45, 2.75) is 99.0 Å². The number of hydrogen-bond donors (Lipinski definition) is 0. The van der Waals surface area contributed by atoms with Gasteiger partial charge in [0.25, 0.3) is 0 Å². The van der Waals surface area contributed by atoms with E-state index in [1.54, 1.807) is 0 Å². The van der Waals surface area contributed by atoms with Crippen LogP contribution in [0.2, 0.25) is 38.3 Å². The first-order valence-corrected chi connectivity index (χ1v) is 16.0. The predicted molar refractivity (Wildman–Crippen MR) is 96.7 cm³/mol. The van der Waals surface area contributed by atoms with Crippen LogP contribution in [0, 0.1) is 0 Å². The number of halogens is 18. The third-order valence-electron chi connectivity index (χ3n) is 5.05. The Morgan fingerprint density at radius 1 is 0.405 bits per heavy atom. The minimum Gasteiger partial charge on any atom is -0.455 e. The zero-order valence-corrected chi connectivity index (χ0v) is 21.0. The molecular weight excluding hydrogens is 606 g/mol. The second-order valence-corrected chi connectivity index (χ2v) is 18.2. The molecule has 0 heterocycles. The van der Waals surface area contributed by atoms with Crippen LogP contribution in [0.4, 0.5) is 79.0 Å². The Morgan fingerprint density at radius 3 is 0.811 bits per heavy atom. The van der Waals surface area contributed by atoms with Crippen molar-refractivity contribution in [3.63, 3.8) is 0 Å². The molecule has 0 N–H and O–H groups in total. The van der Waals surface area contributed by atoms with Crippen LogP contribution in [-0.2, 0) is 4.12 Å². The van der Waals surface area contributed by atoms with Crippen molar-refractivity contribution in [2.24, 2.45) is 0 Å². The van der Waals surface area contributed by atoms with Crippen LogP contribution < -0.4 is 0 Å². The summed E-state index contributed by atoms with van der Waals surface area (Å²) in [7, 11) is -7.76. The van der Waals surface area contributed by atoms with E-state index < -0.39 is 89.5 Å². The van der Waals surface area contributed by atoms with Crippen molar-refractivity contribution in [1.82, 2.24) is 0 Å². The summed E-state index contributed by atoms with van der Waals surface area (Å²) >= 11 is 0. The quantitative estimate of drug-likeness (QED) is 0.155. The monoisotopic (exact) mass is 626 g/mol. The van der Waals surface area contributed by atoms with Crippen molar-refractivity contribution in [2.75, 3.05) is 0 Å². The Morgan fingerprint density at radius 2 is 0.622 bits per heavy atom. The molecular formula is C16H20F18OSi2. The van der Waals surface area contributed by atoms with Crippen LogP contribution in [0.1, 0.15) is 12.8 Å². The van der Waals surface area contributed by atoms with E-state index in [-0.39, 0.29) is 0 Å². The Hall–Kier alpha value is -0.866. The number of alkyl halides is 18. The second-order valence-electron chi connectivity index (χ2n) is 9.32. The molecule has 21 heteroatoms. The van der Waals surface area contributed by atoms with E-state index in [1.807, 2.05) is 0 Å². The zero-order chi connectivity index (χ0) is 30.5. The normalized spacial score (nSPS) is 16.4. The topological polar surface area (TPSA) is 9.23 Å². The average molecular weight is 626 g/mol. The molecule has 0 saturated carbocycles. The van der Waals surface area contributed by atoms with E-state index in [4.69, 9.17) is 4.12 Å². The van der Waals surface area contributed by atoms with Gasteiger partial charge in [-0.15, -0.1) is 0 Å². The molecule has 0 spiro atoms. The first kappa shape index (κ1) is 36.1. The lowest BCUT2D eigenvalue weighted by molar-refractivity contribution is -0.396. The van der Waals surface area contributed by atoms with Gasteiger partial charge in [-0.25, -0.2) is 0 Å². The number of hydrogen-bond acceptors (Lipinski definition) is 1. The largest absolute Gasteiger partial charge is 0.460 e. The van der Waals surface area contributed by atoms with E-state index in [9.17, 15) is 79.0 Å². The van der Waals surface area contributed by atoms with Crippen LogP contribution in [0.3, 0.4) is 0 Å². The molecule has 0 fully saturated rings. The SMILES string of the molecule is C[Si](C)(CCC(F)(F)C(F)(F)C(F)(F)C(F)(F)F)O[Si](C)(C)CCC(F)(F)C(F)(F)C(F)(F)C(F)(F)F. The van der Waals surface area contributed by atoms with Crippen LogP contribution >= 0.6 is 0 Å². The lowest BCUT2D eigenvalue weighted by Gasteiger charge is -2.38. The second kappa shape index (κ2) is 9.95. The molecule has 0 rings (SSSR count). The Labute approximate surface area is 199 Å². The van der Waals surface area contributed by atoms with Crippen LogP contribution in [0.25, 0.3) is 0 Å². The summed E-state index contributed by atoms with van der Waals surface area (Å²) in [6.45, 7) is 3.57. The van der Waals surface area contributed by atoms with Gasteiger partial charge in [-0.3, -0.25) is 0 Å². The van der Waals surface area contributed by atoms with E-state index in [0.717, 1.165) is 26.2 Å². The molecule has 0 saturated heterocycles. The van der Waals surface area contributed by atoms with Gasteiger partial charge in [0.15, 0.2) is 16.6 Å². The maximum atomic E-state index is 13.7. The lowest BCUT2D eigenvalue weighted by atomic mass is 10.0. The molecule has 224 valence electrons. The highest BCUT2D eigenvalue weighted by molar-refractivity contribution is 6.84. The van der Waals surface area contributed by atoms with Crippen molar-refractivity contribution < 1.29 is 83.1 Å². The van der Waals surface area contributed by atoms with Crippen LogP contribution in [-0.4, -0.2) is 64.5 Å². The van der Waals surface area contributed by atoms with Crippen molar-refractivity contribution in [3.05, 3.63) is 0 Å². The molecule has 0 aromatic rings. The molecule has 0 unspecified atom stereocenters. The van der Waals surface area contributed by atoms with Crippen LogP contribution in [0.15, 0.2) is 0 Å². The molecule has 37 heavy (non-hydrogen) atoms. The molecule has 0 bridgehead atoms. The first-order valence-electron chi connectivity index (χ1n) is 9.72. The molecule has 0 atom stereocenters. The summed E-state index contributed by atoms with van der Waals surface area (Å²) < 4.78 is 239. The van der Waals surface area contributed by atoms with Gasteiger partial charge in [0.2, 0.25) is 0 Å². The van der Waals surface area contributed by atoms with Gasteiger partial charge in [0.05, 0.1) is 0 Å². The fraction of sp³-hybridized carbons (Fsp3) is 1.00. The highest BCUT2D eigenvalue weighted by Crippen LogP contribution is 2.56. The van der Waals surface area contributed by atoms with Gasteiger partial charge in [-0.05, 0) is 38.3 Å². The van der Waals surface area contributed by atoms with Gasteiger partial charge < -0.3 is 4.12 Å². The first-order chi connectivity index (χ1) is 15.6. The van der Waals surface area contributed by atoms with Gasteiger partial charge in [0, 0.05) is 12.8 Å². The molecule has 0 aliphatic rings. The molecule has 0 aliphatic carbocycles. The van der Waals surface area contributed by atoms with E-state index >= 15 is 0 Å². The van der Waals surface area contributed by atoms with Gasteiger partial charge in [0.1, 0.15) is 0 Å². The van der Waals surface area contributed by atoms with Gasteiger partial charge in [-0.2, -0.15) is 79.0 Å². The Balaban J connectivity index is 5.57. The summed E-state index contributed by atoms with van der Waals surface area (Å²) in [5.41, 5.74) is 0. The van der Waals surface area contributed by atoms with Crippen molar-refractivity contribution in [3.8, 4) is 0 Å². The standard InChI is InChI=1S/C16H20F18OSi2/c1-36(2,7-5-9(17,18)11(21,22)13(25,26)15(29,30)31)35-37(3,4)8-6-10(19,20)12(23,24)14(27,28)16(32,33)34/h5-8H2,1-4H3.